The van der Waals surface area contributed by atoms with Gasteiger partial charge in [-0.15, -0.1) is 0 Å². The van der Waals surface area contributed by atoms with Gasteiger partial charge in [0, 0.05) is 49.0 Å². The van der Waals surface area contributed by atoms with E-state index in [2.05, 4.69) is 14.9 Å². The molecule has 5 rings (SSSR count). The van der Waals surface area contributed by atoms with Crippen molar-refractivity contribution in [3.05, 3.63) is 70.7 Å². The first-order valence-corrected chi connectivity index (χ1v) is 10.7. The highest BCUT2D eigenvalue weighted by atomic mass is 35.5. The number of halogens is 2. The number of hydrogen-bond acceptors (Lipinski definition) is 4. The molecule has 1 fully saturated rings. The molecule has 0 radical (unpaired) electrons. The molecule has 2 aromatic carbocycles. The third-order valence-electron chi connectivity index (χ3n) is 5.72. The van der Waals surface area contributed by atoms with E-state index in [1.165, 1.54) is 12.1 Å². The number of fused-ring (bicyclic) bond motifs is 1. The number of benzene rings is 2. The lowest BCUT2D eigenvalue weighted by atomic mass is 10.1. The van der Waals surface area contributed by atoms with Gasteiger partial charge >= 0.3 is 0 Å². The van der Waals surface area contributed by atoms with E-state index in [4.69, 9.17) is 23.9 Å². The monoisotopic (exact) mass is 463 g/mol. The van der Waals surface area contributed by atoms with Crippen molar-refractivity contribution in [3.63, 3.8) is 0 Å². The van der Waals surface area contributed by atoms with Crippen LogP contribution in [0.2, 0.25) is 5.15 Å². The Labute approximate surface area is 193 Å². The maximum Gasteiger partial charge on any atom is 0.275 e. The van der Waals surface area contributed by atoms with Crippen LogP contribution in [0.1, 0.15) is 16.9 Å². The van der Waals surface area contributed by atoms with Crippen molar-refractivity contribution in [2.24, 2.45) is 12.8 Å². The summed E-state index contributed by atoms with van der Waals surface area (Å²) in [6.07, 6.45) is 2.57. The second-order valence-corrected chi connectivity index (χ2v) is 8.39. The number of rotatable bonds is 3. The summed E-state index contributed by atoms with van der Waals surface area (Å²) in [6.45, 7) is 8.04. The van der Waals surface area contributed by atoms with Gasteiger partial charge in [0.05, 0.1) is 12.1 Å². The second-order valence-electron chi connectivity index (χ2n) is 8.03. The van der Waals surface area contributed by atoms with Crippen molar-refractivity contribution >= 4 is 34.1 Å². The third-order valence-corrected chi connectivity index (χ3v) is 6.07. The Bertz CT molecular complexity index is 1450. The Morgan fingerprint density at radius 2 is 2.12 bits per heavy atom. The number of imidazole rings is 1. The van der Waals surface area contributed by atoms with Gasteiger partial charge in [-0.1, -0.05) is 23.7 Å². The fourth-order valence-electron chi connectivity index (χ4n) is 4.10. The number of likely N-dealkylation sites (tertiary alicyclic amines) is 1. The predicted octanol–water partition coefficient (Wildman–Crippen LogP) is 3.94. The summed E-state index contributed by atoms with van der Waals surface area (Å²) in [4.78, 5) is 22.5. The average Bonchev–Trinajstić information content (AvgIpc) is 3.48. The van der Waals surface area contributed by atoms with E-state index in [9.17, 15) is 9.18 Å². The number of aromatic nitrogens is 4. The first-order chi connectivity index (χ1) is 15.9. The Balaban J connectivity index is 1.70. The molecule has 1 aliphatic heterocycles. The summed E-state index contributed by atoms with van der Waals surface area (Å²) >= 11 is 6.74. The van der Waals surface area contributed by atoms with Crippen molar-refractivity contribution in [1.82, 2.24) is 24.2 Å². The van der Waals surface area contributed by atoms with Gasteiger partial charge in [-0.25, -0.2) is 14.2 Å². The van der Waals surface area contributed by atoms with Crippen LogP contribution in [0.15, 0.2) is 42.6 Å². The summed E-state index contributed by atoms with van der Waals surface area (Å²) in [5.74, 6) is -0.701. The minimum absolute atomic E-state index is 0.0710. The number of nitrogens with zero attached hydrogens (tertiary/aromatic N) is 6. The maximum absolute atomic E-state index is 14.5. The normalized spacial score (nSPS) is 15.8. The van der Waals surface area contributed by atoms with Crippen LogP contribution in [0.25, 0.3) is 32.8 Å². The molecule has 0 saturated carbocycles. The average molecular weight is 464 g/mol. The number of nitrogens with two attached hydrogens (primary N) is 1. The van der Waals surface area contributed by atoms with E-state index in [0.29, 0.717) is 36.6 Å². The van der Waals surface area contributed by atoms with Crippen molar-refractivity contribution in [2.45, 2.75) is 12.5 Å². The lowest BCUT2D eigenvalue weighted by molar-refractivity contribution is 0.0786. The Hall–Kier alpha value is -3.74. The SMILES string of the molecule is [C-]#[N+]c1ccc(-c2nc(C(=O)N3CC[C@H](N)C3)c(Cl)n2-c2ccc3nn(C)cc3c2)cc1F. The first kappa shape index (κ1) is 21.1. The van der Waals surface area contributed by atoms with Crippen LogP contribution >= 0.6 is 11.6 Å². The maximum atomic E-state index is 14.5. The zero-order valence-electron chi connectivity index (χ0n) is 17.7. The molecule has 10 heteroatoms. The van der Waals surface area contributed by atoms with Gasteiger partial charge in [0.1, 0.15) is 16.8 Å². The third kappa shape index (κ3) is 3.63. The highest BCUT2D eigenvalue weighted by Crippen LogP contribution is 2.34. The molecule has 0 aliphatic carbocycles. The Morgan fingerprint density at radius 1 is 1.30 bits per heavy atom. The number of carbonyl (C=O) groups excluding carboxylic acids is 1. The molecule has 33 heavy (non-hydrogen) atoms. The molecule has 2 aromatic heterocycles. The van der Waals surface area contributed by atoms with Gasteiger partial charge in [0.25, 0.3) is 5.91 Å². The van der Waals surface area contributed by atoms with Gasteiger partial charge in [0.15, 0.2) is 5.69 Å². The molecule has 0 bridgehead atoms. The van der Waals surface area contributed by atoms with E-state index < -0.39 is 5.82 Å². The molecular formula is C23H19ClFN7O. The first-order valence-electron chi connectivity index (χ1n) is 10.3. The summed E-state index contributed by atoms with van der Waals surface area (Å²) in [7, 11) is 1.83. The fourth-order valence-corrected chi connectivity index (χ4v) is 4.40. The Kier molecular flexibility index (Phi) is 5.12. The molecule has 8 nitrogen and oxygen atoms in total. The molecule has 2 N–H and O–H groups in total. The molecule has 1 atom stereocenters. The number of carbonyl (C=O) groups is 1. The summed E-state index contributed by atoms with van der Waals surface area (Å²) in [5, 5.41) is 5.38. The molecular weight excluding hydrogens is 445 g/mol. The number of aryl methyl sites for hydroxylation is 1. The number of amides is 1. The minimum atomic E-state index is -0.672. The van der Waals surface area contributed by atoms with Crippen LogP contribution < -0.4 is 5.73 Å². The van der Waals surface area contributed by atoms with Crippen LogP contribution in [0, 0.1) is 12.4 Å². The van der Waals surface area contributed by atoms with Crippen molar-refractivity contribution in [1.29, 1.82) is 0 Å². The second kappa shape index (κ2) is 7.99. The lowest BCUT2D eigenvalue weighted by Crippen LogP contribution is -2.32. The zero-order valence-corrected chi connectivity index (χ0v) is 18.4. The molecule has 0 spiro atoms. The quantitative estimate of drug-likeness (QED) is 0.466. The zero-order chi connectivity index (χ0) is 23.3. The van der Waals surface area contributed by atoms with Crippen molar-refractivity contribution in [3.8, 4) is 17.1 Å². The highest BCUT2D eigenvalue weighted by molar-refractivity contribution is 6.33. The van der Waals surface area contributed by atoms with Gasteiger partial charge in [-0.3, -0.25) is 14.0 Å². The largest absolute Gasteiger partial charge is 0.336 e. The fraction of sp³-hybridized carbons (Fsp3) is 0.217. The van der Waals surface area contributed by atoms with Gasteiger partial charge in [0.2, 0.25) is 5.69 Å². The highest BCUT2D eigenvalue weighted by Gasteiger charge is 2.30. The standard InChI is InChI=1S/C23H19ClFN7O/c1-27-19-5-3-13(10-17(19)25)22-28-20(23(33)31-8-7-15(26)12-31)21(24)32(22)16-4-6-18-14(9-16)11-30(2)29-18/h3-6,9-11,15H,7-8,12,26H2,2H3/t15-/m0/s1. The lowest BCUT2D eigenvalue weighted by Gasteiger charge is -2.14. The van der Waals surface area contributed by atoms with E-state index in [1.54, 1.807) is 20.2 Å². The summed E-state index contributed by atoms with van der Waals surface area (Å²) < 4.78 is 17.8. The van der Waals surface area contributed by atoms with Crippen LogP contribution in [-0.4, -0.2) is 49.3 Å². The molecule has 1 amide bonds. The smallest absolute Gasteiger partial charge is 0.275 e. The Morgan fingerprint density at radius 3 is 2.82 bits per heavy atom. The molecule has 166 valence electrons. The van der Waals surface area contributed by atoms with Gasteiger partial charge < -0.3 is 10.6 Å². The number of hydrogen-bond donors (Lipinski definition) is 1. The van der Waals surface area contributed by atoms with Crippen LogP contribution in [0.5, 0.6) is 0 Å². The van der Waals surface area contributed by atoms with Crippen molar-refractivity contribution < 1.29 is 9.18 Å². The van der Waals surface area contributed by atoms with Crippen molar-refractivity contribution in [2.75, 3.05) is 13.1 Å². The minimum Gasteiger partial charge on any atom is -0.336 e. The van der Waals surface area contributed by atoms with Crippen LogP contribution in [0.4, 0.5) is 10.1 Å². The summed E-state index contributed by atoms with van der Waals surface area (Å²) in [6, 6.07) is 9.65. The molecule has 1 saturated heterocycles. The molecule has 3 heterocycles. The van der Waals surface area contributed by atoms with Crippen LogP contribution in [-0.2, 0) is 7.05 Å². The van der Waals surface area contributed by atoms with Gasteiger partial charge in [-0.2, -0.15) is 5.10 Å². The molecule has 1 aliphatic rings. The van der Waals surface area contributed by atoms with E-state index in [1.807, 2.05) is 31.4 Å². The van der Waals surface area contributed by atoms with Crippen LogP contribution in [0.3, 0.4) is 0 Å². The van der Waals surface area contributed by atoms with E-state index >= 15 is 0 Å². The summed E-state index contributed by atoms with van der Waals surface area (Å²) in [5.41, 5.74) is 7.79. The van der Waals surface area contributed by atoms with E-state index in [0.717, 1.165) is 10.9 Å². The van der Waals surface area contributed by atoms with Gasteiger partial charge in [-0.05, 0) is 30.7 Å². The van der Waals surface area contributed by atoms with E-state index in [-0.39, 0.29) is 28.5 Å². The topological polar surface area (TPSA) is 86.3 Å². The molecule has 4 aromatic rings. The molecule has 0 unspecified atom stereocenters. The predicted molar refractivity (Wildman–Crippen MR) is 123 cm³/mol.